The van der Waals surface area contributed by atoms with Crippen molar-refractivity contribution >= 4 is 11.0 Å². The molecule has 0 atom stereocenters. The Labute approximate surface area is 152 Å². The molecule has 0 radical (unpaired) electrons. The predicted octanol–water partition coefficient (Wildman–Crippen LogP) is 5.05. The number of ether oxygens (including phenoxy) is 1. The lowest BCUT2D eigenvalue weighted by Gasteiger charge is -2.17. The van der Waals surface area contributed by atoms with E-state index in [1.54, 1.807) is 25.3 Å². The Morgan fingerprint density at radius 3 is 2.50 bits per heavy atom. The van der Waals surface area contributed by atoms with Crippen LogP contribution in [0.4, 0.5) is 0 Å². The van der Waals surface area contributed by atoms with Gasteiger partial charge >= 0.3 is 0 Å². The van der Waals surface area contributed by atoms with Crippen LogP contribution in [0.2, 0.25) is 0 Å². The quantitative estimate of drug-likeness (QED) is 0.720. The van der Waals surface area contributed by atoms with E-state index >= 15 is 0 Å². The summed E-state index contributed by atoms with van der Waals surface area (Å²) in [4.78, 5) is 5.01. The van der Waals surface area contributed by atoms with Gasteiger partial charge < -0.3 is 14.3 Å². The van der Waals surface area contributed by atoms with Gasteiger partial charge in [0.25, 0.3) is 0 Å². The molecule has 1 aliphatic rings. The second kappa shape index (κ2) is 7.24. The molecule has 0 amide bonds. The van der Waals surface area contributed by atoms with Crippen LogP contribution in [0.25, 0.3) is 22.3 Å². The first-order chi connectivity index (χ1) is 12.7. The molecule has 1 N–H and O–H groups in total. The Morgan fingerprint density at radius 1 is 1.00 bits per heavy atom. The molecule has 1 heterocycles. The summed E-state index contributed by atoms with van der Waals surface area (Å²) in [5.41, 5.74) is 1.70. The van der Waals surface area contributed by atoms with E-state index in [1.807, 2.05) is 30.3 Å². The largest absolute Gasteiger partial charge is 0.508 e. The molecule has 1 aromatic heterocycles. The number of phenolic OH excluding ortho intramolecular Hbond substituents is 1. The highest BCUT2D eigenvalue weighted by molar-refractivity contribution is 5.80. The van der Waals surface area contributed by atoms with Gasteiger partial charge in [0, 0.05) is 17.0 Å². The van der Waals surface area contributed by atoms with Crippen molar-refractivity contribution in [3.05, 3.63) is 53.9 Å². The third kappa shape index (κ3) is 3.45. The molecular weight excluding hydrogens is 326 g/mol. The summed E-state index contributed by atoms with van der Waals surface area (Å²) in [6.07, 6.45) is 6.03. The molecule has 0 saturated heterocycles. The minimum atomic E-state index is 0.227. The van der Waals surface area contributed by atoms with Crippen LogP contribution in [0.15, 0.2) is 57.9 Å². The average Bonchev–Trinajstić information content (AvgIpc) is 2.69. The van der Waals surface area contributed by atoms with Gasteiger partial charge in [0.2, 0.25) is 0 Å². The van der Waals surface area contributed by atoms with Gasteiger partial charge in [-0.25, -0.2) is 0 Å². The zero-order valence-corrected chi connectivity index (χ0v) is 14.9. The zero-order valence-electron chi connectivity index (χ0n) is 14.9. The average molecular weight is 349 g/mol. The fourth-order valence-electron chi connectivity index (χ4n) is 3.57. The number of aromatic hydroxyl groups is 1. The molecule has 4 nitrogen and oxygen atoms in total. The van der Waals surface area contributed by atoms with Gasteiger partial charge in [0.1, 0.15) is 22.8 Å². The summed E-state index contributed by atoms with van der Waals surface area (Å²) in [6.45, 7) is 0. The van der Waals surface area contributed by atoms with Gasteiger partial charge in [-0.05, 0) is 55.3 Å². The van der Waals surface area contributed by atoms with Crippen molar-refractivity contribution < 1.29 is 14.3 Å². The van der Waals surface area contributed by atoms with E-state index in [0.717, 1.165) is 46.2 Å². The van der Waals surface area contributed by atoms with Gasteiger partial charge in [-0.3, -0.25) is 4.99 Å². The molecule has 134 valence electrons. The second-order valence-electron chi connectivity index (χ2n) is 6.83. The van der Waals surface area contributed by atoms with E-state index in [9.17, 15) is 5.11 Å². The summed E-state index contributed by atoms with van der Waals surface area (Å²) < 4.78 is 11.3. The Hall–Kier alpha value is -2.75. The van der Waals surface area contributed by atoms with Crippen LogP contribution in [0.5, 0.6) is 11.5 Å². The topological polar surface area (TPSA) is 55.0 Å². The van der Waals surface area contributed by atoms with Crippen LogP contribution >= 0.6 is 0 Å². The normalized spacial score (nSPS) is 16.1. The van der Waals surface area contributed by atoms with Crippen LogP contribution in [0.1, 0.15) is 32.1 Å². The van der Waals surface area contributed by atoms with Gasteiger partial charge in [-0.1, -0.05) is 19.3 Å². The molecule has 3 aromatic rings. The van der Waals surface area contributed by atoms with E-state index in [1.165, 1.54) is 19.3 Å². The van der Waals surface area contributed by atoms with Crippen LogP contribution < -0.4 is 10.1 Å². The zero-order chi connectivity index (χ0) is 17.9. The molecular formula is C22H23NO3. The monoisotopic (exact) mass is 349 g/mol. The lowest BCUT2D eigenvalue weighted by atomic mass is 9.96. The fraction of sp³-hybridized carbons (Fsp3) is 0.318. The van der Waals surface area contributed by atoms with Crippen LogP contribution in [0, 0.1) is 0 Å². The lowest BCUT2D eigenvalue weighted by molar-refractivity contribution is 0.415. The van der Waals surface area contributed by atoms with Crippen molar-refractivity contribution in [1.82, 2.24) is 0 Å². The molecule has 1 aliphatic carbocycles. The maximum atomic E-state index is 9.91. The second-order valence-corrected chi connectivity index (χ2v) is 6.83. The van der Waals surface area contributed by atoms with Crippen molar-refractivity contribution in [1.29, 1.82) is 0 Å². The van der Waals surface area contributed by atoms with Crippen molar-refractivity contribution in [2.45, 2.75) is 38.1 Å². The van der Waals surface area contributed by atoms with Crippen molar-refractivity contribution in [3.63, 3.8) is 0 Å². The summed E-state index contributed by atoms with van der Waals surface area (Å²) in [7, 11) is 1.66. The third-order valence-electron chi connectivity index (χ3n) is 5.00. The maximum absolute atomic E-state index is 9.91. The standard InChI is InChI=1S/C22H23NO3/c1-25-18-10-7-15(8-11-18)22-14-20(23-16-5-3-2-4-6-16)19-13-17(24)9-12-21(19)26-22/h7-14,16,24H,2-6H2,1H3. The number of hydrogen-bond acceptors (Lipinski definition) is 4. The van der Waals surface area contributed by atoms with Gasteiger partial charge in [-0.2, -0.15) is 0 Å². The van der Waals surface area contributed by atoms with Crippen molar-refractivity contribution in [3.8, 4) is 22.8 Å². The number of methoxy groups -OCH3 is 1. The van der Waals surface area contributed by atoms with Gasteiger partial charge in [-0.15, -0.1) is 0 Å². The van der Waals surface area contributed by atoms with Crippen LogP contribution in [-0.4, -0.2) is 18.3 Å². The number of nitrogens with zero attached hydrogens (tertiary/aromatic N) is 1. The molecule has 0 bridgehead atoms. The minimum Gasteiger partial charge on any atom is -0.508 e. The Bertz CT molecular complexity index is 967. The highest BCUT2D eigenvalue weighted by atomic mass is 16.5. The third-order valence-corrected chi connectivity index (χ3v) is 5.00. The molecule has 0 aliphatic heterocycles. The number of hydrogen-bond donors (Lipinski definition) is 1. The first-order valence-corrected chi connectivity index (χ1v) is 9.18. The van der Waals surface area contributed by atoms with Crippen LogP contribution in [-0.2, 0) is 0 Å². The molecule has 1 saturated carbocycles. The fourth-order valence-corrected chi connectivity index (χ4v) is 3.57. The number of rotatable bonds is 3. The SMILES string of the molecule is COc1ccc(-c2cc(=NC3CCCCC3)c3cc(O)ccc3o2)cc1. The minimum absolute atomic E-state index is 0.227. The Balaban J connectivity index is 1.86. The van der Waals surface area contributed by atoms with Crippen molar-refractivity contribution in [2.24, 2.45) is 4.99 Å². The molecule has 2 aromatic carbocycles. The van der Waals surface area contributed by atoms with E-state index in [2.05, 4.69) is 0 Å². The molecule has 1 fully saturated rings. The van der Waals surface area contributed by atoms with E-state index in [0.29, 0.717) is 6.04 Å². The molecule has 26 heavy (non-hydrogen) atoms. The number of benzene rings is 2. The van der Waals surface area contributed by atoms with E-state index < -0.39 is 0 Å². The van der Waals surface area contributed by atoms with Gasteiger partial charge in [0.15, 0.2) is 0 Å². The Kier molecular flexibility index (Phi) is 4.65. The van der Waals surface area contributed by atoms with Gasteiger partial charge in [0.05, 0.1) is 18.5 Å². The first-order valence-electron chi connectivity index (χ1n) is 9.18. The summed E-state index contributed by atoms with van der Waals surface area (Å²) in [6, 6.07) is 15.3. The van der Waals surface area contributed by atoms with E-state index in [-0.39, 0.29) is 5.75 Å². The molecule has 4 heteroatoms. The molecule has 4 rings (SSSR count). The maximum Gasteiger partial charge on any atom is 0.137 e. The summed E-state index contributed by atoms with van der Waals surface area (Å²) >= 11 is 0. The number of fused-ring (bicyclic) bond motifs is 1. The first kappa shape index (κ1) is 16.7. The highest BCUT2D eigenvalue weighted by Gasteiger charge is 2.13. The number of phenols is 1. The predicted molar refractivity (Wildman–Crippen MR) is 102 cm³/mol. The molecule has 0 unspecified atom stereocenters. The summed E-state index contributed by atoms with van der Waals surface area (Å²) in [5.74, 6) is 1.80. The Morgan fingerprint density at radius 2 is 1.77 bits per heavy atom. The smallest absolute Gasteiger partial charge is 0.137 e. The van der Waals surface area contributed by atoms with E-state index in [4.69, 9.17) is 14.1 Å². The summed E-state index contributed by atoms with van der Waals surface area (Å²) in [5, 5.41) is 11.7. The molecule has 0 spiro atoms. The van der Waals surface area contributed by atoms with Crippen molar-refractivity contribution in [2.75, 3.05) is 7.11 Å². The van der Waals surface area contributed by atoms with Crippen LogP contribution in [0.3, 0.4) is 0 Å². The highest BCUT2D eigenvalue weighted by Crippen LogP contribution is 2.26. The lowest BCUT2D eigenvalue weighted by Crippen LogP contribution is -2.15.